The first kappa shape index (κ1) is 16.2. The van der Waals surface area contributed by atoms with Gasteiger partial charge >= 0.3 is 5.97 Å². The van der Waals surface area contributed by atoms with Crippen LogP contribution in [0.4, 0.5) is 5.69 Å². The quantitative estimate of drug-likeness (QED) is 0.639. The lowest BCUT2D eigenvalue weighted by molar-refractivity contribution is -0.139. The van der Waals surface area contributed by atoms with E-state index in [4.69, 9.17) is 4.74 Å². The van der Waals surface area contributed by atoms with Gasteiger partial charge in [-0.2, -0.15) is 0 Å². The van der Waals surface area contributed by atoms with Crippen molar-refractivity contribution in [3.8, 4) is 5.75 Å². The number of hydrogen-bond donors (Lipinski definition) is 0. The topological polar surface area (TPSA) is 46.6 Å². The van der Waals surface area contributed by atoms with Crippen LogP contribution in [0.3, 0.4) is 0 Å². The number of ether oxygens (including phenoxy) is 1. The summed E-state index contributed by atoms with van der Waals surface area (Å²) in [7, 11) is 0. The highest BCUT2D eigenvalue weighted by atomic mass is 16.5. The van der Waals surface area contributed by atoms with Crippen molar-refractivity contribution < 1.29 is 14.3 Å². The standard InChI is InChI=1S/C20H21NO3/c1-3-15-6-10-18(11-7-15)24-20(23)16-12-19(22)21(13-16)17-8-4-14(2)5-9-17/h4-11,16H,3,12-13H2,1-2H3/t16-/m1/s1. The van der Waals surface area contributed by atoms with E-state index in [9.17, 15) is 9.59 Å². The smallest absolute Gasteiger partial charge is 0.316 e. The maximum atomic E-state index is 12.3. The van der Waals surface area contributed by atoms with Gasteiger partial charge in [-0.05, 0) is 43.2 Å². The maximum absolute atomic E-state index is 12.3. The summed E-state index contributed by atoms with van der Waals surface area (Å²) in [5, 5.41) is 0. The summed E-state index contributed by atoms with van der Waals surface area (Å²) >= 11 is 0. The molecule has 1 aliphatic heterocycles. The number of hydrogen-bond acceptors (Lipinski definition) is 3. The van der Waals surface area contributed by atoms with Gasteiger partial charge in [0.25, 0.3) is 0 Å². The molecular weight excluding hydrogens is 302 g/mol. The third kappa shape index (κ3) is 3.48. The van der Waals surface area contributed by atoms with Gasteiger partial charge in [-0.25, -0.2) is 0 Å². The van der Waals surface area contributed by atoms with Gasteiger partial charge in [-0.1, -0.05) is 36.8 Å². The lowest BCUT2D eigenvalue weighted by atomic mass is 10.1. The van der Waals surface area contributed by atoms with Crippen molar-refractivity contribution in [2.45, 2.75) is 26.7 Å². The Kier molecular flexibility index (Phi) is 4.65. The molecule has 0 spiro atoms. The van der Waals surface area contributed by atoms with Crippen LogP contribution in [-0.4, -0.2) is 18.4 Å². The van der Waals surface area contributed by atoms with E-state index in [0.717, 1.165) is 17.7 Å². The zero-order valence-corrected chi connectivity index (χ0v) is 14.0. The summed E-state index contributed by atoms with van der Waals surface area (Å²) in [6, 6.07) is 15.2. The van der Waals surface area contributed by atoms with Crippen LogP contribution >= 0.6 is 0 Å². The molecule has 0 saturated carbocycles. The predicted molar refractivity (Wildman–Crippen MR) is 93.1 cm³/mol. The van der Waals surface area contributed by atoms with Gasteiger partial charge in [0.2, 0.25) is 5.91 Å². The average Bonchev–Trinajstić information content (AvgIpc) is 2.98. The van der Waals surface area contributed by atoms with Crippen LogP contribution in [0.2, 0.25) is 0 Å². The van der Waals surface area contributed by atoms with E-state index in [-0.39, 0.29) is 18.3 Å². The van der Waals surface area contributed by atoms with E-state index in [1.807, 2.05) is 43.3 Å². The Morgan fingerprint density at radius 1 is 1.12 bits per heavy atom. The van der Waals surface area contributed by atoms with Gasteiger partial charge in [-0.15, -0.1) is 0 Å². The molecule has 4 heteroatoms. The number of benzene rings is 2. The van der Waals surface area contributed by atoms with Crippen molar-refractivity contribution in [3.05, 3.63) is 59.7 Å². The summed E-state index contributed by atoms with van der Waals surface area (Å²) in [5.41, 5.74) is 3.15. The first-order chi connectivity index (χ1) is 11.6. The van der Waals surface area contributed by atoms with Crippen molar-refractivity contribution in [2.75, 3.05) is 11.4 Å². The van der Waals surface area contributed by atoms with E-state index < -0.39 is 5.92 Å². The van der Waals surface area contributed by atoms with Crippen LogP contribution in [0.1, 0.15) is 24.5 Å². The highest BCUT2D eigenvalue weighted by Crippen LogP contribution is 2.26. The fourth-order valence-corrected chi connectivity index (χ4v) is 2.83. The fraction of sp³-hybridized carbons (Fsp3) is 0.300. The maximum Gasteiger partial charge on any atom is 0.316 e. The lowest BCUT2D eigenvalue weighted by Gasteiger charge is -2.16. The zero-order valence-electron chi connectivity index (χ0n) is 14.0. The molecule has 0 aliphatic carbocycles. The van der Waals surface area contributed by atoms with E-state index in [1.54, 1.807) is 17.0 Å². The van der Waals surface area contributed by atoms with Crippen LogP contribution in [0.15, 0.2) is 48.5 Å². The highest BCUT2D eigenvalue weighted by Gasteiger charge is 2.36. The summed E-state index contributed by atoms with van der Waals surface area (Å²) in [4.78, 5) is 26.2. The highest BCUT2D eigenvalue weighted by molar-refractivity contribution is 5.99. The Bertz CT molecular complexity index is 734. The molecule has 1 amide bonds. The minimum absolute atomic E-state index is 0.0397. The number of amides is 1. The molecule has 0 radical (unpaired) electrons. The van der Waals surface area contributed by atoms with E-state index in [0.29, 0.717) is 12.3 Å². The normalized spacial score (nSPS) is 17.2. The minimum atomic E-state index is -0.426. The Balaban J connectivity index is 1.66. The largest absolute Gasteiger partial charge is 0.426 e. The molecule has 0 unspecified atom stereocenters. The Morgan fingerprint density at radius 3 is 2.42 bits per heavy atom. The van der Waals surface area contributed by atoms with Gasteiger partial charge in [0.05, 0.1) is 5.92 Å². The molecule has 2 aromatic carbocycles. The molecule has 1 fully saturated rings. The Labute approximate surface area is 142 Å². The number of nitrogens with zero attached hydrogens (tertiary/aromatic N) is 1. The van der Waals surface area contributed by atoms with Crippen LogP contribution in [0.5, 0.6) is 5.75 Å². The fourth-order valence-electron chi connectivity index (χ4n) is 2.83. The zero-order chi connectivity index (χ0) is 17.1. The molecule has 1 aliphatic rings. The van der Waals surface area contributed by atoms with Crippen molar-refractivity contribution >= 4 is 17.6 Å². The molecule has 0 aromatic heterocycles. The molecule has 4 nitrogen and oxygen atoms in total. The molecule has 1 atom stereocenters. The number of aryl methyl sites for hydroxylation is 2. The SMILES string of the molecule is CCc1ccc(OC(=O)[C@@H]2CC(=O)N(c3ccc(C)cc3)C2)cc1. The molecule has 0 N–H and O–H groups in total. The minimum Gasteiger partial charge on any atom is -0.426 e. The summed E-state index contributed by atoms with van der Waals surface area (Å²) in [6.07, 6.45) is 1.14. The van der Waals surface area contributed by atoms with Crippen LogP contribution in [-0.2, 0) is 16.0 Å². The van der Waals surface area contributed by atoms with Gasteiger partial charge < -0.3 is 9.64 Å². The van der Waals surface area contributed by atoms with E-state index in [2.05, 4.69) is 6.92 Å². The molecule has 1 heterocycles. The molecule has 1 saturated heterocycles. The van der Waals surface area contributed by atoms with Crippen LogP contribution in [0.25, 0.3) is 0 Å². The van der Waals surface area contributed by atoms with Gasteiger partial charge in [0.1, 0.15) is 5.75 Å². The molecule has 24 heavy (non-hydrogen) atoms. The van der Waals surface area contributed by atoms with Gasteiger partial charge in [0.15, 0.2) is 0 Å². The second-order valence-corrected chi connectivity index (χ2v) is 6.16. The Morgan fingerprint density at radius 2 is 1.79 bits per heavy atom. The van der Waals surface area contributed by atoms with Crippen LogP contribution < -0.4 is 9.64 Å². The Hall–Kier alpha value is -2.62. The first-order valence-electron chi connectivity index (χ1n) is 8.24. The van der Waals surface area contributed by atoms with Gasteiger partial charge in [0, 0.05) is 18.7 Å². The summed E-state index contributed by atoms with van der Waals surface area (Å²) < 4.78 is 5.43. The second kappa shape index (κ2) is 6.87. The third-order valence-corrected chi connectivity index (χ3v) is 4.35. The molecule has 3 rings (SSSR count). The second-order valence-electron chi connectivity index (χ2n) is 6.16. The predicted octanol–water partition coefficient (Wildman–Crippen LogP) is 3.52. The summed E-state index contributed by atoms with van der Waals surface area (Å²) in [6.45, 7) is 4.44. The van der Waals surface area contributed by atoms with Gasteiger partial charge in [-0.3, -0.25) is 9.59 Å². The van der Waals surface area contributed by atoms with Crippen molar-refractivity contribution in [3.63, 3.8) is 0 Å². The number of carbonyl (C=O) groups excluding carboxylic acids is 2. The lowest BCUT2D eigenvalue weighted by Crippen LogP contribution is -2.27. The van der Waals surface area contributed by atoms with E-state index in [1.165, 1.54) is 5.56 Å². The summed E-state index contributed by atoms with van der Waals surface area (Å²) in [5.74, 6) is -0.285. The van der Waals surface area contributed by atoms with Crippen molar-refractivity contribution in [2.24, 2.45) is 5.92 Å². The van der Waals surface area contributed by atoms with Crippen molar-refractivity contribution in [1.29, 1.82) is 0 Å². The molecule has 2 aromatic rings. The number of anilines is 1. The molecule has 124 valence electrons. The molecule has 0 bridgehead atoms. The van der Waals surface area contributed by atoms with E-state index >= 15 is 0 Å². The molecular formula is C20H21NO3. The average molecular weight is 323 g/mol. The number of esters is 1. The van der Waals surface area contributed by atoms with Crippen LogP contribution in [0, 0.1) is 12.8 Å². The number of carbonyl (C=O) groups is 2. The number of rotatable bonds is 4. The first-order valence-corrected chi connectivity index (χ1v) is 8.24. The monoisotopic (exact) mass is 323 g/mol. The third-order valence-electron chi connectivity index (χ3n) is 4.35. The van der Waals surface area contributed by atoms with Crippen molar-refractivity contribution in [1.82, 2.24) is 0 Å².